The van der Waals surface area contributed by atoms with Crippen LogP contribution < -0.4 is 4.90 Å². The molecule has 3 heteroatoms. The van der Waals surface area contributed by atoms with Gasteiger partial charge < -0.3 is 4.90 Å². The minimum Gasteiger partial charge on any atom is -0.370 e. The summed E-state index contributed by atoms with van der Waals surface area (Å²) in [7, 11) is 0. The molecule has 0 bridgehead atoms. The maximum absolute atomic E-state index is 12.1. The van der Waals surface area contributed by atoms with Gasteiger partial charge in [0.05, 0.1) is 6.67 Å². The molecule has 0 unspecified atom stereocenters. The van der Waals surface area contributed by atoms with Crippen LogP contribution in [-0.4, -0.2) is 25.5 Å². The van der Waals surface area contributed by atoms with E-state index >= 15 is 0 Å². The van der Waals surface area contributed by atoms with Crippen LogP contribution in [0.1, 0.15) is 23.2 Å². The monoisotopic (exact) mass is 207 g/mol. The number of hydrogen-bond donors (Lipinski definition) is 0. The molecule has 0 spiro atoms. The van der Waals surface area contributed by atoms with Crippen molar-refractivity contribution in [2.75, 3.05) is 24.7 Å². The van der Waals surface area contributed by atoms with Crippen LogP contribution in [0.3, 0.4) is 0 Å². The third-order valence-electron chi connectivity index (χ3n) is 2.72. The van der Waals surface area contributed by atoms with Gasteiger partial charge in [-0.15, -0.1) is 0 Å². The lowest BCUT2D eigenvalue weighted by molar-refractivity contribution is 0.0980. The molecule has 0 saturated carbocycles. The highest BCUT2D eigenvalue weighted by Gasteiger charge is 2.21. The molecule has 0 atom stereocenters. The lowest BCUT2D eigenvalue weighted by atomic mass is 10.0. The molecule has 1 aliphatic heterocycles. The van der Waals surface area contributed by atoms with Crippen molar-refractivity contribution in [2.24, 2.45) is 0 Å². The zero-order valence-corrected chi connectivity index (χ0v) is 8.58. The Labute approximate surface area is 88.7 Å². The first kappa shape index (κ1) is 10.1. The third-order valence-corrected chi connectivity index (χ3v) is 2.72. The molecule has 2 rings (SSSR count). The van der Waals surface area contributed by atoms with Crippen LogP contribution in [0.15, 0.2) is 24.3 Å². The number of carbonyl (C=O) groups is 1. The average molecular weight is 207 g/mol. The Morgan fingerprint density at radius 2 is 2.13 bits per heavy atom. The first-order valence-corrected chi connectivity index (χ1v) is 5.26. The summed E-state index contributed by atoms with van der Waals surface area (Å²) in [4.78, 5) is 13.7. The molecular weight excluding hydrogens is 193 g/mol. The Bertz CT molecular complexity index is 364. The molecule has 0 aromatic heterocycles. The Morgan fingerprint density at radius 3 is 2.93 bits per heavy atom. The molecule has 0 radical (unpaired) electrons. The standard InChI is InChI=1S/C12H14FNO/c13-7-3-8-14-9-6-12(15)10-4-1-2-5-11(10)14/h1-2,4-5H,3,6-9H2. The van der Waals surface area contributed by atoms with Crippen LogP contribution in [0.25, 0.3) is 0 Å². The first-order valence-electron chi connectivity index (χ1n) is 5.26. The summed E-state index contributed by atoms with van der Waals surface area (Å²) in [6, 6.07) is 7.57. The maximum atomic E-state index is 12.1. The van der Waals surface area contributed by atoms with E-state index in [1.807, 2.05) is 24.3 Å². The van der Waals surface area contributed by atoms with E-state index in [1.165, 1.54) is 0 Å². The van der Waals surface area contributed by atoms with Crippen molar-refractivity contribution in [3.05, 3.63) is 29.8 Å². The minimum absolute atomic E-state index is 0.196. The molecule has 0 amide bonds. The first-order chi connectivity index (χ1) is 7.33. The van der Waals surface area contributed by atoms with Gasteiger partial charge >= 0.3 is 0 Å². The summed E-state index contributed by atoms with van der Waals surface area (Å²) < 4.78 is 12.1. The number of nitrogens with zero attached hydrogens (tertiary/aromatic N) is 1. The number of benzene rings is 1. The van der Waals surface area contributed by atoms with Crippen LogP contribution in [0.4, 0.5) is 10.1 Å². The molecule has 80 valence electrons. The van der Waals surface area contributed by atoms with Gasteiger partial charge in [0.15, 0.2) is 5.78 Å². The summed E-state index contributed by atoms with van der Waals surface area (Å²) >= 11 is 0. The van der Waals surface area contributed by atoms with Crippen molar-refractivity contribution in [1.29, 1.82) is 0 Å². The predicted octanol–water partition coefficient (Wildman–Crippen LogP) is 2.44. The maximum Gasteiger partial charge on any atom is 0.166 e. The molecular formula is C12H14FNO. The van der Waals surface area contributed by atoms with E-state index in [2.05, 4.69) is 4.90 Å². The molecule has 1 aromatic carbocycles. The number of carbonyl (C=O) groups excluding carboxylic acids is 1. The molecule has 0 fully saturated rings. The molecule has 0 saturated heterocycles. The fourth-order valence-electron chi connectivity index (χ4n) is 1.96. The van der Waals surface area contributed by atoms with E-state index in [0.717, 1.165) is 17.8 Å². The lowest BCUT2D eigenvalue weighted by Crippen LogP contribution is -2.33. The van der Waals surface area contributed by atoms with Crippen molar-refractivity contribution in [3.8, 4) is 0 Å². The third kappa shape index (κ3) is 2.01. The summed E-state index contributed by atoms with van der Waals surface area (Å²) in [5, 5.41) is 0. The van der Waals surface area contributed by atoms with Crippen LogP contribution in [-0.2, 0) is 0 Å². The fourth-order valence-corrected chi connectivity index (χ4v) is 1.96. The number of ketones is 1. The molecule has 0 N–H and O–H groups in total. The van der Waals surface area contributed by atoms with Crippen LogP contribution in [0, 0.1) is 0 Å². The Morgan fingerprint density at radius 1 is 1.33 bits per heavy atom. The second-order valence-corrected chi connectivity index (χ2v) is 3.72. The number of halogens is 1. The average Bonchev–Trinajstić information content (AvgIpc) is 2.29. The number of hydrogen-bond acceptors (Lipinski definition) is 2. The van der Waals surface area contributed by atoms with Gasteiger partial charge in [-0.2, -0.15) is 0 Å². The van der Waals surface area contributed by atoms with Gasteiger partial charge in [-0.3, -0.25) is 9.18 Å². The van der Waals surface area contributed by atoms with Crippen LogP contribution >= 0.6 is 0 Å². The number of anilines is 1. The largest absolute Gasteiger partial charge is 0.370 e. The fraction of sp³-hybridized carbons (Fsp3) is 0.417. The molecule has 15 heavy (non-hydrogen) atoms. The second-order valence-electron chi connectivity index (χ2n) is 3.72. The summed E-state index contributed by atoms with van der Waals surface area (Å²) in [6.07, 6.45) is 1.08. The van der Waals surface area contributed by atoms with Gasteiger partial charge in [-0.05, 0) is 18.6 Å². The van der Waals surface area contributed by atoms with Gasteiger partial charge in [-0.25, -0.2) is 0 Å². The summed E-state index contributed by atoms with van der Waals surface area (Å²) in [5.74, 6) is 0.196. The number of alkyl halides is 1. The Hall–Kier alpha value is -1.38. The molecule has 0 aliphatic carbocycles. The highest BCUT2D eigenvalue weighted by molar-refractivity contribution is 6.03. The van der Waals surface area contributed by atoms with Gasteiger partial charge in [-0.1, -0.05) is 12.1 Å². The number of fused-ring (bicyclic) bond motifs is 1. The normalized spacial score (nSPS) is 15.3. The number of Topliss-reactive ketones (excluding diaryl/α,β-unsaturated/α-hetero) is 1. The lowest BCUT2D eigenvalue weighted by Gasteiger charge is -2.30. The Balaban J connectivity index is 2.24. The second kappa shape index (κ2) is 4.43. The zero-order valence-electron chi connectivity index (χ0n) is 8.58. The van der Waals surface area contributed by atoms with E-state index in [1.54, 1.807) is 0 Å². The highest BCUT2D eigenvalue weighted by Crippen LogP contribution is 2.26. The van der Waals surface area contributed by atoms with Crippen molar-refractivity contribution in [3.63, 3.8) is 0 Å². The van der Waals surface area contributed by atoms with Crippen molar-refractivity contribution >= 4 is 11.5 Å². The van der Waals surface area contributed by atoms with E-state index in [-0.39, 0.29) is 12.5 Å². The van der Waals surface area contributed by atoms with E-state index in [4.69, 9.17) is 0 Å². The van der Waals surface area contributed by atoms with Crippen molar-refractivity contribution < 1.29 is 9.18 Å². The van der Waals surface area contributed by atoms with Gasteiger partial charge in [0.1, 0.15) is 0 Å². The van der Waals surface area contributed by atoms with Crippen LogP contribution in [0.2, 0.25) is 0 Å². The molecule has 1 aromatic rings. The molecule has 1 aliphatic rings. The molecule has 2 nitrogen and oxygen atoms in total. The van der Waals surface area contributed by atoms with E-state index in [9.17, 15) is 9.18 Å². The number of rotatable bonds is 3. The van der Waals surface area contributed by atoms with E-state index in [0.29, 0.717) is 19.4 Å². The van der Waals surface area contributed by atoms with E-state index < -0.39 is 0 Å². The topological polar surface area (TPSA) is 20.3 Å². The van der Waals surface area contributed by atoms with Gasteiger partial charge in [0.25, 0.3) is 0 Å². The highest BCUT2D eigenvalue weighted by atomic mass is 19.1. The van der Waals surface area contributed by atoms with Gasteiger partial charge in [0.2, 0.25) is 0 Å². The predicted molar refractivity (Wildman–Crippen MR) is 58.2 cm³/mol. The SMILES string of the molecule is O=C1CCN(CCCF)c2ccccc21. The van der Waals surface area contributed by atoms with Crippen molar-refractivity contribution in [1.82, 2.24) is 0 Å². The molecule has 1 heterocycles. The summed E-state index contributed by atoms with van der Waals surface area (Å²) in [6.45, 7) is 1.11. The quantitative estimate of drug-likeness (QED) is 0.758. The van der Waals surface area contributed by atoms with Gasteiger partial charge in [0, 0.05) is 30.8 Å². The Kier molecular flexibility index (Phi) is 2.99. The number of para-hydroxylation sites is 1. The smallest absolute Gasteiger partial charge is 0.166 e. The van der Waals surface area contributed by atoms with Crippen LogP contribution in [0.5, 0.6) is 0 Å². The minimum atomic E-state index is -0.299. The van der Waals surface area contributed by atoms with Crippen molar-refractivity contribution in [2.45, 2.75) is 12.8 Å². The zero-order chi connectivity index (χ0) is 10.7. The summed E-state index contributed by atoms with van der Waals surface area (Å²) in [5.41, 5.74) is 1.74.